The number of carbonyl (C=O) groups is 1. The van der Waals surface area contributed by atoms with Gasteiger partial charge in [0.2, 0.25) is 0 Å². The lowest BCUT2D eigenvalue weighted by atomic mass is 10.0. The molecule has 1 amide bonds. The molecule has 1 aliphatic rings. The van der Waals surface area contributed by atoms with Crippen molar-refractivity contribution in [2.45, 2.75) is 12.0 Å². The second-order valence-electron chi connectivity index (χ2n) is 5.76. The second kappa shape index (κ2) is 7.23. The lowest BCUT2D eigenvalue weighted by Gasteiger charge is -2.26. The number of carbonyl (C=O) groups excluding carboxylic acids is 1. The Labute approximate surface area is 140 Å². The van der Waals surface area contributed by atoms with Crippen molar-refractivity contribution >= 4 is 28.4 Å². The molecule has 0 radical (unpaired) electrons. The predicted molar refractivity (Wildman–Crippen MR) is 94.1 cm³/mol. The molecule has 1 aliphatic heterocycles. The summed E-state index contributed by atoms with van der Waals surface area (Å²) in [5.74, 6) is 2.59. The lowest BCUT2D eigenvalue weighted by Crippen LogP contribution is -2.45. The first kappa shape index (κ1) is 16.1. The molecule has 0 bridgehead atoms. The fourth-order valence-corrected chi connectivity index (χ4v) is 4.07. The summed E-state index contributed by atoms with van der Waals surface area (Å²) >= 11 is 1.86. The highest BCUT2D eigenvalue weighted by atomic mass is 32.2. The Kier molecular flexibility index (Phi) is 5.08. The Balaban J connectivity index is 1.51. The average Bonchev–Trinajstić information content (AvgIpc) is 3.07. The van der Waals surface area contributed by atoms with Crippen molar-refractivity contribution in [2.75, 3.05) is 31.8 Å². The number of rotatable bonds is 6. The highest BCUT2D eigenvalue weighted by Crippen LogP contribution is 2.30. The van der Waals surface area contributed by atoms with Crippen LogP contribution in [0.5, 0.6) is 5.75 Å². The summed E-state index contributed by atoms with van der Waals surface area (Å²) in [6.07, 6.45) is 0.972. The highest BCUT2D eigenvalue weighted by molar-refractivity contribution is 7.99. The van der Waals surface area contributed by atoms with Gasteiger partial charge in [0.25, 0.3) is 5.91 Å². The topological polar surface area (TPSA) is 47.6 Å². The number of nitrogens with one attached hydrogen (secondary N) is 1. The number of benzene rings is 2. The fourth-order valence-electron chi connectivity index (χ4n) is 2.68. The molecule has 1 saturated heterocycles. The molecule has 1 atom stereocenters. The van der Waals surface area contributed by atoms with Crippen LogP contribution in [0.1, 0.15) is 6.42 Å². The molecule has 2 aromatic rings. The van der Waals surface area contributed by atoms with Crippen LogP contribution in [0.2, 0.25) is 0 Å². The number of hydrogen-bond donors (Lipinski definition) is 1. The zero-order valence-electron chi connectivity index (χ0n) is 13.2. The van der Waals surface area contributed by atoms with Gasteiger partial charge in [-0.2, -0.15) is 11.8 Å². The molecule has 0 saturated carbocycles. The highest BCUT2D eigenvalue weighted by Gasteiger charge is 2.34. The third-order valence-corrected chi connectivity index (χ3v) is 5.42. The summed E-state index contributed by atoms with van der Waals surface area (Å²) in [4.78, 5) is 12.0. The normalized spacial score (nSPS) is 20.6. The van der Waals surface area contributed by atoms with E-state index in [1.165, 1.54) is 0 Å². The van der Waals surface area contributed by atoms with Gasteiger partial charge in [0.15, 0.2) is 6.61 Å². The van der Waals surface area contributed by atoms with Crippen LogP contribution in [-0.4, -0.2) is 43.3 Å². The Bertz CT molecular complexity index is 683. The number of amides is 1. The minimum absolute atomic E-state index is 0.0191. The van der Waals surface area contributed by atoms with Crippen molar-refractivity contribution < 1.29 is 14.3 Å². The standard InChI is InChI=1S/C18H21NO3S/c1-21-18(8-9-23-13-18)12-19-17(20)11-22-16-7-6-14-4-2-3-5-15(14)10-16/h2-7,10H,8-9,11-13H2,1H3,(H,19,20). The maximum atomic E-state index is 12.0. The van der Waals surface area contributed by atoms with Gasteiger partial charge in [-0.25, -0.2) is 0 Å². The maximum Gasteiger partial charge on any atom is 0.258 e. The summed E-state index contributed by atoms with van der Waals surface area (Å²) in [7, 11) is 1.71. The Hall–Kier alpha value is -1.72. The minimum atomic E-state index is -0.219. The van der Waals surface area contributed by atoms with E-state index >= 15 is 0 Å². The van der Waals surface area contributed by atoms with Crippen LogP contribution in [-0.2, 0) is 9.53 Å². The molecule has 0 aliphatic carbocycles. The lowest BCUT2D eigenvalue weighted by molar-refractivity contribution is -0.124. The van der Waals surface area contributed by atoms with Crippen LogP contribution in [0.3, 0.4) is 0 Å². The molecule has 4 nitrogen and oxygen atoms in total. The van der Waals surface area contributed by atoms with Gasteiger partial charge < -0.3 is 14.8 Å². The van der Waals surface area contributed by atoms with Gasteiger partial charge in [0.1, 0.15) is 5.75 Å². The quantitative estimate of drug-likeness (QED) is 0.884. The zero-order valence-corrected chi connectivity index (χ0v) is 14.0. The Morgan fingerprint density at radius 3 is 2.83 bits per heavy atom. The molecular weight excluding hydrogens is 310 g/mol. The van der Waals surface area contributed by atoms with Crippen LogP contribution in [0.4, 0.5) is 0 Å². The summed E-state index contributed by atoms with van der Waals surface area (Å²) in [5, 5.41) is 5.18. The number of hydrogen-bond acceptors (Lipinski definition) is 4. The molecule has 0 spiro atoms. The molecule has 0 aromatic heterocycles. The van der Waals surface area contributed by atoms with Crippen molar-refractivity contribution in [3.63, 3.8) is 0 Å². The van der Waals surface area contributed by atoms with Gasteiger partial charge in [-0.3, -0.25) is 4.79 Å². The molecule has 122 valence electrons. The van der Waals surface area contributed by atoms with Gasteiger partial charge in [-0.15, -0.1) is 0 Å². The van der Waals surface area contributed by atoms with Crippen molar-refractivity contribution in [3.8, 4) is 5.75 Å². The summed E-state index contributed by atoms with van der Waals surface area (Å²) in [6, 6.07) is 13.9. The van der Waals surface area contributed by atoms with E-state index in [-0.39, 0.29) is 18.1 Å². The van der Waals surface area contributed by atoms with E-state index in [4.69, 9.17) is 9.47 Å². The van der Waals surface area contributed by atoms with Gasteiger partial charge >= 0.3 is 0 Å². The first-order valence-corrected chi connectivity index (χ1v) is 8.87. The largest absolute Gasteiger partial charge is 0.484 e. The molecule has 1 N–H and O–H groups in total. The van der Waals surface area contributed by atoms with Crippen LogP contribution < -0.4 is 10.1 Å². The zero-order chi connectivity index (χ0) is 16.1. The molecule has 3 rings (SSSR count). The number of ether oxygens (including phenoxy) is 2. The first-order valence-electron chi connectivity index (χ1n) is 7.72. The summed E-state index contributed by atoms with van der Waals surface area (Å²) in [5.41, 5.74) is -0.219. The SMILES string of the molecule is COC1(CNC(=O)COc2ccc3ccccc3c2)CCSC1. The minimum Gasteiger partial charge on any atom is -0.484 e. The van der Waals surface area contributed by atoms with Gasteiger partial charge in [-0.1, -0.05) is 30.3 Å². The average molecular weight is 331 g/mol. The Morgan fingerprint density at radius 2 is 2.09 bits per heavy atom. The van der Waals surface area contributed by atoms with E-state index in [1.807, 2.05) is 48.2 Å². The van der Waals surface area contributed by atoms with E-state index in [0.717, 1.165) is 28.7 Å². The Morgan fingerprint density at radius 1 is 1.26 bits per heavy atom. The van der Waals surface area contributed by atoms with Gasteiger partial charge in [0.05, 0.1) is 5.60 Å². The third-order valence-electron chi connectivity index (χ3n) is 4.20. The number of thioether (sulfide) groups is 1. The van der Waals surface area contributed by atoms with E-state index < -0.39 is 0 Å². The third kappa shape index (κ3) is 3.98. The predicted octanol–water partition coefficient (Wildman–Crippen LogP) is 2.86. The molecule has 1 unspecified atom stereocenters. The van der Waals surface area contributed by atoms with E-state index in [1.54, 1.807) is 7.11 Å². The van der Waals surface area contributed by atoms with E-state index in [9.17, 15) is 4.79 Å². The van der Waals surface area contributed by atoms with E-state index in [2.05, 4.69) is 11.4 Å². The van der Waals surface area contributed by atoms with Gasteiger partial charge in [0, 0.05) is 19.4 Å². The fraction of sp³-hybridized carbons (Fsp3) is 0.389. The smallest absolute Gasteiger partial charge is 0.258 e. The van der Waals surface area contributed by atoms with Crippen LogP contribution >= 0.6 is 11.8 Å². The van der Waals surface area contributed by atoms with E-state index in [0.29, 0.717) is 12.3 Å². The molecule has 2 aromatic carbocycles. The van der Waals surface area contributed by atoms with Crippen molar-refractivity contribution in [1.82, 2.24) is 5.32 Å². The summed E-state index contributed by atoms with van der Waals surface area (Å²) < 4.78 is 11.2. The first-order chi connectivity index (χ1) is 11.2. The monoisotopic (exact) mass is 331 g/mol. The molecular formula is C18H21NO3S. The molecule has 5 heteroatoms. The number of fused-ring (bicyclic) bond motifs is 1. The van der Waals surface area contributed by atoms with Crippen LogP contribution in [0.25, 0.3) is 10.8 Å². The maximum absolute atomic E-state index is 12.0. The van der Waals surface area contributed by atoms with Crippen molar-refractivity contribution in [1.29, 1.82) is 0 Å². The summed E-state index contributed by atoms with van der Waals surface area (Å²) in [6.45, 7) is 0.557. The van der Waals surface area contributed by atoms with Crippen LogP contribution in [0, 0.1) is 0 Å². The second-order valence-corrected chi connectivity index (χ2v) is 6.87. The number of methoxy groups -OCH3 is 1. The molecule has 1 heterocycles. The molecule has 23 heavy (non-hydrogen) atoms. The van der Waals surface area contributed by atoms with Crippen molar-refractivity contribution in [2.24, 2.45) is 0 Å². The van der Waals surface area contributed by atoms with Gasteiger partial charge in [-0.05, 0) is 35.1 Å². The van der Waals surface area contributed by atoms with Crippen molar-refractivity contribution in [3.05, 3.63) is 42.5 Å². The van der Waals surface area contributed by atoms with Crippen LogP contribution in [0.15, 0.2) is 42.5 Å². The molecule has 1 fully saturated rings.